The molecule has 2 heteroatoms. The van der Waals surface area contributed by atoms with Crippen LogP contribution < -0.4 is 0 Å². The highest BCUT2D eigenvalue weighted by molar-refractivity contribution is 5.80. The molecule has 0 radical (unpaired) electrons. The van der Waals surface area contributed by atoms with E-state index in [0.29, 0.717) is 17.9 Å². The Bertz CT molecular complexity index is 174. The summed E-state index contributed by atoms with van der Waals surface area (Å²) in [6.45, 7) is 3.42. The van der Waals surface area contributed by atoms with Crippen LogP contribution in [0.25, 0.3) is 0 Å². The largest absolute Gasteiger partial charge is 0.300 e. The Labute approximate surface area is 73.9 Å². The molecule has 0 aliphatic carbocycles. The third-order valence-electron chi connectivity index (χ3n) is 3.18. The molecule has 2 aliphatic rings. The highest BCUT2D eigenvalue weighted by Crippen LogP contribution is 2.33. The Balaban J connectivity index is 2.04. The van der Waals surface area contributed by atoms with Crippen molar-refractivity contribution in [3.8, 4) is 0 Å². The minimum Gasteiger partial charge on any atom is -0.300 e. The Morgan fingerprint density at radius 3 is 2.42 bits per heavy atom. The van der Waals surface area contributed by atoms with Crippen molar-refractivity contribution in [2.24, 2.45) is 0 Å². The zero-order chi connectivity index (χ0) is 8.55. The normalized spacial score (nSPS) is 35.9. The fourth-order valence-corrected chi connectivity index (χ4v) is 2.69. The molecule has 0 aromatic rings. The van der Waals surface area contributed by atoms with Crippen LogP contribution in [0.2, 0.25) is 0 Å². The monoisotopic (exact) mass is 167 g/mol. The number of hydrogen-bond donors (Lipinski definition) is 0. The number of nitrogens with zero attached hydrogens (tertiary/aromatic N) is 1. The van der Waals surface area contributed by atoms with Crippen LogP contribution in [-0.2, 0) is 4.79 Å². The first-order chi connectivity index (χ1) is 5.81. The van der Waals surface area contributed by atoms with E-state index in [4.69, 9.17) is 0 Å². The molecule has 2 heterocycles. The molecule has 68 valence electrons. The minimum absolute atomic E-state index is 0.495. The second-order valence-corrected chi connectivity index (χ2v) is 4.07. The van der Waals surface area contributed by atoms with Crippen LogP contribution in [0.1, 0.15) is 39.0 Å². The van der Waals surface area contributed by atoms with Crippen LogP contribution in [0.15, 0.2) is 0 Å². The summed E-state index contributed by atoms with van der Waals surface area (Å²) in [6, 6.07) is 1.22. The number of ketones is 1. The summed E-state index contributed by atoms with van der Waals surface area (Å²) in [5.74, 6) is 0.495. The van der Waals surface area contributed by atoms with E-state index >= 15 is 0 Å². The van der Waals surface area contributed by atoms with E-state index in [1.54, 1.807) is 0 Å². The molecule has 2 saturated heterocycles. The number of carbonyl (C=O) groups is 1. The van der Waals surface area contributed by atoms with Crippen LogP contribution in [-0.4, -0.2) is 29.3 Å². The average Bonchev–Trinajstić information content (AvgIpc) is 2.32. The smallest absolute Gasteiger partial charge is 0.136 e. The first-order valence-electron chi connectivity index (χ1n) is 5.08. The molecule has 0 spiro atoms. The van der Waals surface area contributed by atoms with Crippen LogP contribution in [0.4, 0.5) is 0 Å². The molecule has 0 unspecified atom stereocenters. The van der Waals surface area contributed by atoms with Gasteiger partial charge < -0.3 is 0 Å². The Morgan fingerprint density at radius 2 is 1.92 bits per heavy atom. The van der Waals surface area contributed by atoms with Gasteiger partial charge in [0, 0.05) is 24.9 Å². The fraction of sp³-hybridized carbons (Fsp3) is 0.900. The molecule has 2 aliphatic heterocycles. The molecule has 12 heavy (non-hydrogen) atoms. The average molecular weight is 167 g/mol. The molecule has 0 N–H and O–H groups in total. The molecular formula is C10H17NO. The second-order valence-electron chi connectivity index (χ2n) is 4.07. The van der Waals surface area contributed by atoms with Gasteiger partial charge >= 0.3 is 0 Å². The van der Waals surface area contributed by atoms with Crippen molar-refractivity contribution in [2.45, 2.75) is 51.1 Å². The second kappa shape index (κ2) is 3.17. The van der Waals surface area contributed by atoms with Gasteiger partial charge in [0.1, 0.15) is 5.78 Å². The molecule has 0 aromatic heterocycles. The predicted molar refractivity (Wildman–Crippen MR) is 48.0 cm³/mol. The zero-order valence-electron chi connectivity index (χ0n) is 7.75. The van der Waals surface area contributed by atoms with Gasteiger partial charge in [-0.15, -0.1) is 0 Å². The van der Waals surface area contributed by atoms with Gasteiger partial charge in [-0.1, -0.05) is 6.92 Å². The van der Waals surface area contributed by atoms with Crippen molar-refractivity contribution in [1.29, 1.82) is 0 Å². The number of piperidine rings is 1. The van der Waals surface area contributed by atoms with Crippen molar-refractivity contribution in [3.05, 3.63) is 0 Å². The molecule has 2 bridgehead atoms. The first kappa shape index (κ1) is 8.24. The van der Waals surface area contributed by atoms with E-state index in [9.17, 15) is 4.79 Å². The van der Waals surface area contributed by atoms with Gasteiger partial charge in [0.15, 0.2) is 0 Å². The van der Waals surface area contributed by atoms with Crippen LogP contribution in [0.3, 0.4) is 0 Å². The van der Waals surface area contributed by atoms with E-state index in [1.807, 2.05) is 0 Å². The first-order valence-corrected chi connectivity index (χ1v) is 5.08. The van der Waals surface area contributed by atoms with Crippen molar-refractivity contribution in [1.82, 2.24) is 4.90 Å². The summed E-state index contributed by atoms with van der Waals surface area (Å²) in [4.78, 5) is 13.8. The molecule has 0 saturated carbocycles. The lowest BCUT2D eigenvalue weighted by Crippen LogP contribution is -2.43. The number of fused-ring (bicyclic) bond motifs is 2. The highest BCUT2D eigenvalue weighted by Gasteiger charge is 2.39. The maximum Gasteiger partial charge on any atom is 0.136 e. The molecule has 2 nitrogen and oxygen atoms in total. The van der Waals surface area contributed by atoms with Gasteiger partial charge in [-0.05, 0) is 25.8 Å². The Kier molecular flexibility index (Phi) is 2.18. The SMILES string of the molecule is CCCN1[C@H]2CC[C@H]1CC(=O)C2. The quantitative estimate of drug-likeness (QED) is 0.622. The summed E-state index contributed by atoms with van der Waals surface area (Å²) in [5.41, 5.74) is 0. The van der Waals surface area contributed by atoms with E-state index < -0.39 is 0 Å². The zero-order valence-corrected chi connectivity index (χ0v) is 7.75. The van der Waals surface area contributed by atoms with Gasteiger partial charge in [0.05, 0.1) is 0 Å². The van der Waals surface area contributed by atoms with Gasteiger partial charge in [-0.25, -0.2) is 0 Å². The lowest BCUT2D eigenvalue weighted by Gasteiger charge is -2.33. The summed E-state index contributed by atoms with van der Waals surface area (Å²) >= 11 is 0. The Morgan fingerprint density at radius 1 is 1.33 bits per heavy atom. The third-order valence-corrected chi connectivity index (χ3v) is 3.18. The summed E-state index contributed by atoms with van der Waals surface area (Å²) in [6.07, 6.45) is 5.40. The van der Waals surface area contributed by atoms with Crippen molar-refractivity contribution in [2.75, 3.05) is 6.54 Å². The predicted octanol–water partition coefficient (Wildman–Crippen LogP) is 1.59. The van der Waals surface area contributed by atoms with E-state index in [0.717, 1.165) is 12.8 Å². The summed E-state index contributed by atoms with van der Waals surface area (Å²) in [5, 5.41) is 0. The van der Waals surface area contributed by atoms with Crippen LogP contribution in [0.5, 0.6) is 0 Å². The Hall–Kier alpha value is -0.370. The molecule has 0 aromatic carbocycles. The molecule has 2 fully saturated rings. The number of Topliss-reactive ketones (excluding diaryl/α,β-unsaturated/α-hetero) is 1. The van der Waals surface area contributed by atoms with Gasteiger partial charge in [-0.2, -0.15) is 0 Å². The van der Waals surface area contributed by atoms with Crippen LogP contribution >= 0.6 is 0 Å². The van der Waals surface area contributed by atoms with Gasteiger partial charge in [-0.3, -0.25) is 9.69 Å². The lowest BCUT2D eigenvalue weighted by molar-refractivity contribution is -0.123. The molecular weight excluding hydrogens is 150 g/mol. The van der Waals surface area contributed by atoms with Crippen molar-refractivity contribution < 1.29 is 4.79 Å². The van der Waals surface area contributed by atoms with E-state index in [-0.39, 0.29) is 0 Å². The topological polar surface area (TPSA) is 20.3 Å². The van der Waals surface area contributed by atoms with Crippen LogP contribution in [0, 0.1) is 0 Å². The highest BCUT2D eigenvalue weighted by atomic mass is 16.1. The molecule has 2 atom stereocenters. The van der Waals surface area contributed by atoms with Gasteiger partial charge in [0.2, 0.25) is 0 Å². The lowest BCUT2D eigenvalue weighted by atomic mass is 10.0. The molecule has 2 rings (SSSR count). The fourth-order valence-electron chi connectivity index (χ4n) is 2.69. The maximum absolute atomic E-state index is 11.2. The van der Waals surface area contributed by atoms with E-state index in [2.05, 4.69) is 11.8 Å². The number of carbonyl (C=O) groups excluding carboxylic acids is 1. The molecule has 0 amide bonds. The summed E-state index contributed by atoms with van der Waals surface area (Å²) < 4.78 is 0. The number of rotatable bonds is 2. The number of hydrogen-bond acceptors (Lipinski definition) is 2. The van der Waals surface area contributed by atoms with Crippen molar-refractivity contribution >= 4 is 5.78 Å². The standard InChI is InChI=1S/C10H17NO/c1-2-5-11-8-3-4-9(11)7-10(12)6-8/h8-9H,2-7H2,1H3/t8-,9-/m0/s1. The summed E-state index contributed by atoms with van der Waals surface area (Å²) in [7, 11) is 0. The van der Waals surface area contributed by atoms with Crippen molar-refractivity contribution in [3.63, 3.8) is 0 Å². The van der Waals surface area contributed by atoms with Gasteiger partial charge in [0.25, 0.3) is 0 Å². The minimum atomic E-state index is 0.495. The third kappa shape index (κ3) is 1.28. The van der Waals surface area contributed by atoms with E-state index in [1.165, 1.54) is 25.8 Å². The maximum atomic E-state index is 11.2.